The Morgan fingerprint density at radius 1 is 0.875 bits per heavy atom. The second-order valence-electron chi connectivity index (χ2n) is 7.10. The van der Waals surface area contributed by atoms with Crippen molar-refractivity contribution in [1.29, 1.82) is 0 Å². The van der Waals surface area contributed by atoms with E-state index in [2.05, 4.69) is 15.8 Å². The molecule has 6 heteroatoms. The van der Waals surface area contributed by atoms with Crippen molar-refractivity contribution < 1.29 is 9.59 Å². The summed E-state index contributed by atoms with van der Waals surface area (Å²) in [5.41, 5.74) is 6.48. The van der Waals surface area contributed by atoms with E-state index < -0.39 is 0 Å². The Balaban J connectivity index is 1.60. The molecule has 0 saturated heterocycles. The summed E-state index contributed by atoms with van der Waals surface area (Å²) < 4.78 is 0. The molecule has 0 bridgehead atoms. The summed E-state index contributed by atoms with van der Waals surface area (Å²) >= 11 is 6.08. The number of allylic oxidation sites excluding steroid dienone is 1. The zero-order valence-corrected chi connectivity index (χ0v) is 18.5. The summed E-state index contributed by atoms with van der Waals surface area (Å²) in [6.45, 7) is 1.83. The molecule has 0 spiro atoms. The molecule has 0 atom stereocenters. The number of nitrogens with zero attached hydrogens (tertiary/aromatic N) is 1. The second-order valence-corrected chi connectivity index (χ2v) is 7.51. The Morgan fingerprint density at radius 3 is 2.25 bits per heavy atom. The van der Waals surface area contributed by atoms with Crippen LogP contribution in [0.3, 0.4) is 0 Å². The number of nitrogens with one attached hydrogen (secondary N) is 2. The smallest absolute Gasteiger partial charge is 0.240 e. The van der Waals surface area contributed by atoms with Gasteiger partial charge in [0.25, 0.3) is 0 Å². The van der Waals surface area contributed by atoms with Crippen molar-refractivity contribution in [1.82, 2.24) is 5.43 Å². The molecule has 2 N–H and O–H groups in total. The van der Waals surface area contributed by atoms with Crippen molar-refractivity contribution in [2.45, 2.75) is 19.8 Å². The summed E-state index contributed by atoms with van der Waals surface area (Å²) in [4.78, 5) is 24.5. The van der Waals surface area contributed by atoms with Crippen LogP contribution in [0.2, 0.25) is 5.02 Å². The number of hydrogen-bond donors (Lipinski definition) is 2. The maximum Gasteiger partial charge on any atom is 0.240 e. The highest BCUT2D eigenvalue weighted by Crippen LogP contribution is 2.23. The molecule has 32 heavy (non-hydrogen) atoms. The number of carbonyl (C=O) groups is 2. The Hall–Kier alpha value is -3.70. The zero-order chi connectivity index (χ0) is 22.8. The summed E-state index contributed by atoms with van der Waals surface area (Å²) in [5.74, 6) is -0.605. The molecule has 0 aliphatic rings. The standard InChI is InChI=1S/C26H24ClN3O2/c1-19-22(27)13-8-14-23(19)28-25(31)17-18-26(32)30-29-24(21-11-6-3-7-12-21)16-15-20-9-4-2-5-10-20/h2-16H,17-18H2,1H3,(H,28,31)(H,30,32)/b16-15+,29-24?. The number of anilines is 1. The second kappa shape index (κ2) is 11.6. The maximum absolute atomic E-state index is 12.3. The molecule has 3 aromatic carbocycles. The molecule has 2 amide bonds. The third-order valence-electron chi connectivity index (χ3n) is 4.72. The number of amides is 2. The van der Waals surface area contributed by atoms with Gasteiger partial charge in [0.05, 0.1) is 5.71 Å². The van der Waals surface area contributed by atoms with E-state index in [1.165, 1.54) is 0 Å². The largest absolute Gasteiger partial charge is 0.326 e. The molecule has 3 rings (SSSR count). The van der Waals surface area contributed by atoms with Gasteiger partial charge in [-0.1, -0.05) is 84.4 Å². The Morgan fingerprint density at radius 2 is 1.53 bits per heavy atom. The number of hydrogen-bond acceptors (Lipinski definition) is 3. The molecule has 0 aliphatic carbocycles. The van der Waals surface area contributed by atoms with Gasteiger partial charge in [-0.3, -0.25) is 9.59 Å². The minimum Gasteiger partial charge on any atom is -0.326 e. The monoisotopic (exact) mass is 445 g/mol. The average molecular weight is 446 g/mol. The Kier molecular flexibility index (Phi) is 8.35. The predicted molar refractivity (Wildman–Crippen MR) is 131 cm³/mol. The van der Waals surface area contributed by atoms with E-state index in [9.17, 15) is 9.59 Å². The molecule has 0 fully saturated rings. The third kappa shape index (κ3) is 6.93. The van der Waals surface area contributed by atoms with E-state index in [1.54, 1.807) is 18.2 Å². The molecule has 0 saturated carbocycles. The average Bonchev–Trinajstić information content (AvgIpc) is 2.82. The maximum atomic E-state index is 12.3. The molecule has 5 nitrogen and oxygen atoms in total. The number of halogens is 1. The summed E-state index contributed by atoms with van der Waals surface area (Å²) in [6.07, 6.45) is 3.82. The highest BCUT2D eigenvalue weighted by Gasteiger charge is 2.10. The molecule has 3 aromatic rings. The van der Waals surface area contributed by atoms with Gasteiger partial charge in [0.2, 0.25) is 11.8 Å². The summed E-state index contributed by atoms with van der Waals surface area (Å²) in [5, 5.41) is 7.64. The minimum atomic E-state index is -0.343. The van der Waals surface area contributed by atoms with Gasteiger partial charge < -0.3 is 5.32 Å². The molecule has 0 aliphatic heterocycles. The first-order valence-electron chi connectivity index (χ1n) is 10.2. The van der Waals surface area contributed by atoms with Crippen LogP contribution in [0.1, 0.15) is 29.5 Å². The van der Waals surface area contributed by atoms with E-state index >= 15 is 0 Å². The van der Waals surface area contributed by atoms with Crippen LogP contribution in [0.25, 0.3) is 6.08 Å². The lowest BCUT2D eigenvalue weighted by Crippen LogP contribution is -2.22. The fourth-order valence-electron chi connectivity index (χ4n) is 2.91. The number of carbonyl (C=O) groups excluding carboxylic acids is 2. The first kappa shape index (κ1) is 23.0. The van der Waals surface area contributed by atoms with Gasteiger partial charge in [0.1, 0.15) is 0 Å². The van der Waals surface area contributed by atoms with Crippen molar-refractivity contribution >= 4 is 40.9 Å². The van der Waals surface area contributed by atoms with Crippen LogP contribution in [-0.2, 0) is 9.59 Å². The lowest BCUT2D eigenvalue weighted by atomic mass is 10.1. The predicted octanol–water partition coefficient (Wildman–Crippen LogP) is 5.60. The van der Waals surface area contributed by atoms with E-state index in [0.717, 1.165) is 16.7 Å². The van der Waals surface area contributed by atoms with Crippen molar-refractivity contribution in [2.75, 3.05) is 5.32 Å². The van der Waals surface area contributed by atoms with Crippen molar-refractivity contribution in [3.05, 3.63) is 107 Å². The Bertz CT molecular complexity index is 1130. The highest BCUT2D eigenvalue weighted by atomic mass is 35.5. The first-order chi connectivity index (χ1) is 15.5. The lowest BCUT2D eigenvalue weighted by Gasteiger charge is -2.09. The van der Waals surface area contributed by atoms with Crippen LogP contribution in [0.15, 0.2) is 90.0 Å². The third-order valence-corrected chi connectivity index (χ3v) is 5.13. The number of rotatable bonds is 8. The van der Waals surface area contributed by atoms with Crippen molar-refractivity contribution in [3.8, 4) is 0 Å². The van der Waals surface area contributed by atoms with Crippen LogP contribution in [0.5, 0.6) is 0 Å². The molecule has 0 unspecified atom stereocenters. The van der Waals surface area contributed by atoms with Gasteiger partial charge in [-0.2, -0.15) is 5.10 Å². The lowest BCUT2D eigenvalue weighted by molar-refractivity contribution is -0.124. The first-order valence-corrected chi connectivity index (χ1v) is 10.6. The normalized spacial score (nSPS) is 11.4. The Labute approximate surface area is 192 Å². The van der Waals surface area contributed by atoms with Gasteiger partial charge >= 0.3 is 0 Å². The molecular formula is C26H24ClN3O2. The zero-order valence-electron chi connectivity index (χ0n) is 17.7. The minimum absolute atomic E-state index is 0.0133. The fourth-order valence-corrected chi connectivity index (χ4v) is 3.08. The summed E-state index contributed by atoms with van der Waals surface area (Å²) in [7, 11) is 0. The van der Waals surface area contributed by atoms with Crippen molar-refractivity contribution in [2.24, 2.45) is 5.10 Å². The highest BCUT2D eigenvalue weighted by molar-refractivity contribution is 6.31. The fraction of sp³-hybridized carbons (Fsp3) is 0.115. The topological polar surface area (TPSA) is 70.6 Å². The molecule has 0 radical (unpaired) electrons. The van der Waals surface area contributed by atoms with Crippen LogP contribution in [0, 0.1) is 6.92 Å². The van der Waals surface area contributed by atoms with E-state index in [0.29, 0.717) is 16.4 Å². The van der Waals surface area contributed by atoms with Crippen LogP contribution in [-0.4, -0.2) is 17.5 Å². The summed E-state index contributed by atoms with van der Waals surface area (Å²) in [6, 6.07) is 24.7. The van der Waals surface area contributed by atoms with Gasteiger partial charge in [-0.25, -0.2) is 5.43 Å². The molecule has 162 valence electrons. The van der Waals surface area contributed by atoms with E-state index in [1.807, 2.05) is 79.7 Å². The molecule has 0 aromatic heterocycles. The van der Waals surface area contributed by atoms with Crippen molar-refractivity contribution in [3.63, 3.8) is 0 Å². The number of hydrazone groups is 1. The number of benzene rings is 3. The molecule has 0 heterocycles. The van der Waals surface area contributed by atoms with E-state index in [4.69, 9.17) is 11.6 Å². The van der Waals surface area contributed by atoms with Gasteiger partial charge in [0, 0.05) is 29.1 Å². The van der Waals surface area contributed by atoms with Gasteiger partial charge in [-0.15, -0.1) is 0 Å². The van der Waals surface area contributed by atoms with Crippen LogP contribution >= 0.6 is 11.6 Å². The van der Waals surface area contributed by atoms with E-state index in [-0.39, 0.29) is 24.7 Å². The SMILES string of the molecule is Cc1c(Cl)cccc1NC(=O)CCC(=O)NN=C(/C=C/c1ccccc1)c1ccccc1. The quantitative estimate of drug-likeness (QED) is 0.350. The van der Waals surface area contributed by atoms with Crippen LogP contribution in [0.4, 0.5) is 5.69 Å². The van der Waals surface area contributed by atoms with Gasteiger partial charge in [0.15, 0.2) is 0 Å². The molecular weight excluding hydrogens is 422 g/mol. The van der Waals surface area contributed by atoms with Gasteiger partial charge in [-0.05, 0) is 36.3 Å². The van der Waals surface area contributed by atoms with Crippen LogP contribution < -0.4 is 10.7 Å².